The molecule has 7 nitrogen and oxygen atoms in total. The first kappa shape index (κ1) is 18.0. The molecule has 0 aliphatic carbocycles. The standard InChI is InChI=1S/C18H19N3O4/c1-3-8-19-18(24)20-16(22)12-25-17(23)14-7-6-13(2)15(11-14)21-9-4-5-10-21/h3-7,9-11H,1,8,12H2,2H3,(H2,19,20,22,24). The molecule has 0 aliphatic rings. The maximum atomic E-state index is 12.1. The largest absolute Gasteiger partial charge is 0.452 e. The molecular weight excluding hydrogens is 322 g/mol. The first-order valence-electron chi connectivity index (χ1n) is 7.61. The first-order valence-corrected chi connectivity index (χ1v) is 7.61. The summed E-state index contributed by atoms with van der Waals surface area (Å²) in [6.07, 6.45) is 5.21. The number of carbonyl (C=O) groups is 3. The van der Waals surface area contributed by atoms with Gasteiger partial charge in [0, 0.05) is 24.6 Å². The number of urea groups is 1. The Balaban J connectivity index is 1.95. The van der Waals surface area contributed by atoms with E-state index in [0.717, 1.165) is 11.3 Å². The van der Waals surface area contributed by atoms with Crippen LogP contribution in [0.3, 0.4) is 0 Å². The number of ether oxygens (including phenoxy) is 1. The smallest absolute Gasteiger partial charge is 0.338 e. The lowest BCUT2D eigenvalue weighted by Gasteiger charge is -2.10. The van der Waals surface area contributed by atoms with Crippen LogP contribution in [-0.2, 0) is 9.53 Å². The predicted octanol–water partition coefficient (Wildman–Crippen LogP) is 1.95. The van der Waals surface area contributed by atoms with Crippen LogP contribution >= 0.6 is 0 Å². The van der Waals surface area contributed by atoms with E-state index < -0.39 is 24.5 Å². The Hall–Kier alpha value is -3.35. The zero-order chi connectivity index (χ0) is 18.2. The number of imide groups is 1. The first-order chi connectivity index (χ1) is 12.0. The van der Waals surface area contributed by atoms with Gasteiger partial charge in [-0.3, -0.25) is 10.1 Å². The van der Waals surface area contributed by atoms with Crippen LogP contribution in [0.1, 0.15) is 15.9 Å². The molecule has 0 unspecified atom stereocenters. The van der Waals surface area contributed by atoms with Crippen molar-refractivity contribution < 1.29 is 19.1 Å². The molecule has 1 heterocycles. The number of aromatic nitrogens is 1. The van der Waals surface area contributed by atoms with Gasteiger partial charge in [0.05, 0.1) is 5.56 Å². The van der Waals surface area contributed by atoms with E-state index >= 15 is 0 Å². The highest BCUT2D eigenvalue weighted by molar-refractivity contribution is 5.97. The fraction of sp³-hybridized carbons (Fsp3) is 0.167. The van der Waals surface area contributed by atoms with Gasteiger partial charge in [0.15, 0.2) is 6.61 Å². The number of rotatable bonds is 6. The highest BCUT2D eigenvalue weighted by Gasteiger charge is 2.13. The number of carbonyl (C=O) groups excluding carboxylic acids is 3. The molecule has 2 rings (SSSR count). The Bertz CT molecular complexity index is 782. The topological polar surface area (TPSA) is 89.4 Å². The number of esters is 1. The summed E-state index contributed by atoms with van der Waals surface area (Å²) >= 11 is 0. The van der Waals surface area contributed by atoms with Crippen LogP contribution in [0.15, 0.2) is 55.4 Å². The second-order valence-electron chi connectivity index (χ2n) is 5.21. The van der Waals surface area contributed by atoms with Crippen LogP contribution in [0.25, 0.3) is 5.69 Å². The number of aryl methyl sites for hydroxylation is 1. The third kappa shape index (κ3) is 5.07. The van der Waals surface area contributed by atoms with Gasteiger partial charge in [-0.2, -0.15) is 0 Å². The molecule has 7 heteroatoms. The third-order valence-electron chi connectivity index (χ3n) is 3.32. The van der Waals surface area contributed by atoms with Gasteiger partial charge in [-0.15, -0.1) is 6.58 Å². The normalized spacial score (nSPS) is 9.96. The Morgan fingerprint density at radius 3 is 2.64 bits per heavy atom. The van der Waals surface area contributed by atoms with E-state index in [0.29, 0.717) is 5.56 Å². The van der Waals surface area contributed by atoms with E-state index in [1.807, 2.05) is 41.3 Å². The average Bonchev–Trinajstić information content (AvgIpc) is 3.12. The molecule has 0 spiro atoms. The second-order valence-corrected chi connectivity index (χ2v) is 5.21. The van der Waals surface area contributed by atoms with Crippen molar-refractivity contribution >= 4 is 17.9 Å². The molecule has 2 N–H and O–H groups in total. The molecule has 130 valence electrons. The molecule has 0 atom stereocenters. The summed E-state index contributed by atoms with van der Waals surface area (Å²) in [7, 11) is 0. The molecule has 0 saturated heterocycles. The zero-order valence-corrected chi connectivity index (χ0v) is 13.8. The van der Waals surface area contributed by atoms with Crippen LogP contribution in [0.4, 0.5) is 4.79 Å². The average molecular weight is 341 g/mol. The zero-order valence-electron chi connectivity index (χ0n) is 13.8. The third-order valence-corrected chi connectivity index (χ3v) is 3.32. The monoisotopic (exact) mass is 341 g/mol. The summed E-state index contributed by atoms with van der Waals surface area (Å²) in [5.41, 5.74) is 2.15. The summed E-state index contributed by atoms with van der Waals surface area (Å²) in [5, 5.41) is 4.43. The summed E-state index contributed by atoms with van der Waals surface area (Å²) in [6.45, 7) is 5.05. The van der Waals surface area contributed by atoms with E-state index in [1.165, 1.54) is 6.08 Å². The molecule has 1 aromatic carbocycles. The Kier molecular flexibility index (Phi) is 6.11. The van der Waals surface area contributed by atoms with E-state index in [4.69, 9.17) is 4.74 Å². The summed E-state index contributed by atoms with van der Waals surface area (Å²) in [6, 6.07) is 8.20. The molecule has 0 fully saturated rings. The van der Waals surface area contributed by atoms with Crippen LogP contribution < -0.4 is 10.6 Å². The van der Waals surface area contributed by atoms with Gasteiger partial charge in [-0.25, -0.2) is 9.59 Å². The maximum absolute atomic E-state index is 12.1. The minimum absolute atomic E-state index is 0.227. The van der Waals surface area contributed by atoms with Gasteiger partial charge in [0.25, 0.3) is 5.91 Å². The fourth-order valence-electron chi connectivity index (χ4n) is 2.10. The molecular formula is C18H19N3O4. The van der Waals surface area contributed by atoms with E-state index in [-0.39, 0.29) is 6.54 Å². The lowest BCUT2D eigenvalue weighted by Crippen LogP contribution is -2.41. The molecule has 2 aromatic rings. The molecule has 0 radical (unpaired) electrons. The quantitative estimate of drug-likeness (QED) is 0.621. The van der Waals surface area contributed by atoms with Gasteiger partial charge in [0.1, 0.15) is 0 Å². The second kappa shape index (κ2) is 8.49. The van der Waals surface area contributed by atoms with Crippen molar-refractivity contribution in [1.82, 2.24) is 15.2 Å². The van der Waals surface area contributed by atoms with Crippen LogP contribution in [0.5, 0.6) is 0 Å². The van der Waals surface area contributed by atoms with E-state index in [2.05, 4.69) is 11.9 Å². The lowest BCUT2D eigenvalue weighted by atomic mass is 10.1. The molecule has 0 bridgehead atoms. The minimum atomic E-state index is -0.715. The van der Waals surface area contributed by atoms with Gasteiger partial charge in [-0.05, 0) is 36.8 Å². The number of benzene rings is 1. The number of nitrogens with one attached hydrogen (secondary N) is 2. The Morgan fingerprint density at radius 2 is 1.96 bits per heavy atom. The SMILES string of the molecule is C=CCNC(=O)NC(=O)COC(=O)c1ccc(C)c(-n2cccc2)c1. The van der Waals surface area contributed by atoms with Gasteiger partial charge in [0.2, 0.25) is 0 Å². The Morgan fingerprint density at radius 1 is 1.24 bits per heavy atom. The lowest BCUT2D eigenvalue weighted by molar-refractivity contribution is -0.123. The van der Waals surface area contributed by atoms with Crippen molar-refractivity contribution in [3.63, 3.8) is 0 Å². The van der Waals surface area contributed by atoms with Crippen LogP contribution in [0.2, 0.25) is 0 Å². The van der Waals surface area contributed by atoms with Crippen molar-refractivity contribution in [1.29, 1.82) is 0 Å². The molecule has 25 heavy (non-hydrogen) atoms. The summed E-state index contributed by atoms with van der Waals surface area (Å²) in [4.78, 5) is 35.0. The maximum Gasteiger partial charge on any atom is 0.338 e. The number of amides is 3. The Labute approximate surface area is 145 Å². The van der Waals surface area contributed by atoms with E-state index in [1.54, 1.807) is 18.2 Å². The number of nitrogens with zero attached hydrogens (tertiary/aromatic N) is 1. The molecule has 0 aliphatic heterocycles. The number of hydrogen-bond acceptors (Lipinski definition) is 4. The molecule has 3 amide bonds. The van der Waals surface area contributed by atoms with Gasteiger partial charge >= 0.3 is 12.0 Å². The van der Waals surface area contributed by atoms with E-state index in [9.17, 15) is 14.4 Å². The highest BCUT2D eigenvalue weighted by Crippen LogP contribution is 2.17. The van der Waals surface area contributed by atoms with Crippen molar-refractivity contribution in [2.45, 2.75) is 6.92 Å². The summed E-state index contributed by atoms with van der Waals surface area (Å²) in [5.74, 6) is -1.36. The predicted molar refractivity (Wildman–Crippen MR) is 92.5 cm³/mol. The summed E-state index contributed by atoms with van der Waals surface area (Å²) < 4.78 is 6.82. The van der Waals surface area contributed by atoms with Crippen molar-refractivity contribution in [3.05, 3.63) is 66.5 Å². The van der Waals surface area contributed by atoms with Crippen molar-refractivity contribution in [2.24, 2.45) is 0 Å². The molecule has 1 aromatic heterocycles. The minimum Gasteiger partial charge on any atom is -0.452 e. The van der Waals surface area contributed by atoms with Crippen LogP contribution in [-0.4, -0.2) is 35.6 Å². The van der Waals surface area contributed by atoms with Crippen molar-refractivity contribution in [3.8, 4) is 5.69 Å². The fourth-order valence-corrected chi connectivity index (χ4v) is 2.10. The highest BCUT2D eigenvalue weighted by atomic mass is 16.5. The number of hydrogen-bond donors (Lipinski definition) is 2. The van der Waals surface area contributed by atoms with Gasteiger partial charge in [-0.1, -0.05) is 12.1 Å². The van der Waals surface area contributed by atoms with Gasteiger partial charge < -0.3 is 14.6 Å². The van der Waals surface area contributed by atoms with Crippen molar-refractivity contribution in [2.75, 3.05) is 13.2 Å². The van der Waals surface area contributed by atoms with Crippen LogP contribution in [0, 0.1) is 6.92 Å². The molecule has 0 saturated carbocycles.